The van der Waals surface area contributed by atoms with Crippen molar-refractivity contribution in [3.63, 3.8) is 0 Å². The summed E-state index contributed by atoms with van der Waals surface area (Å²) in [6.45, 7) is 7.52. The number of nitro groups is 1. The van der Waals surface area contributed by atoms with Crippen LogP contribution in [0.4, 0.5) is 5.69 Å². The number of non-ortho nitro benzene ring substituents is 1. The molecule has 0 fully saturated rings. The number of pyridine rings is 2. The van der Waals surface area contributed by atoms with Gasteiger partial charge >= 0.3 is 0 Å². The minimum atomic E-state index is -1.22. The lowest BCUT2D eigenvalue weighted by Gasteiger charge is -2.23. The van der Waals surface area contributed by atoms with E-state index in [0.717, 1.165) is 0 Å². The average molecular weight is 439 g/mol. The highest BCUT2D eigenvalue weighted by Gasteiger charge is 2.31. The molecule has 0 aliphatic heterocycles. The lowest BCUT2D eigenvalue weighted by atomic mass is 9.84. The van der Waals surface area contributed by atoms with Gasteiger partial charge in [0.25, 0.3) is 16.8 Å². The van der Waals surface area contributed by atoms with Gasteiger partial charge in [-0.25, -0.2) is 0 Å². The van der Waals surface area contributed by atoms with Crippen LogP contribution in [0.1, 0.15) is 47.8 Å². The molecule has 9 heteroatoms. The van der Waals surface area contributed by atoms with Gasteiger partial charge in [0.2, 0.25) is 0 Å². The number of aromatic hydroxyl groups is 2. The Morgan fingerprint density at radius 3 is 1.78 bits per heavy atom. The molecule has 0 unspecified atom stereocenters. The van der Waals surface area contributed by atoms with E-state index in [1.54, 1.807) is 27.7 Å². The predicted octanol–water partition coefficient (Wildman–Crippen LogP) is 3.17. The maximum atomic E-state index is 13.4. The van der Waals surface area contributed by atoms with Crippen LogP contribution in [0.25, 0.3) is 0 Å². The molecule has 0 saturated carbocycles. The maximum absolute atomic E-state index is 13.4. The topological polar surface area (TPSA) is 128 Å². The van der Waals surface area contributed by atoms with Crippen molar-refractivity contribution in [1.29, 1.82) is 0 Å². The Hall–Kier alpha value is -3.88. The van der Waals surface area contributed by atoms with Crippen LogP contribution in [-0.4, -0.2) is 24.3 Å². The van der Waals surface area contributed by atoms with Crippen molar-refractivity contribution in [2.45, 2.75) is 46.7 Å². The minimum absolute atomic E-state index is 0.128. The zero-order chi connectivity index (χ0) is 23.7. The Morgan fingerprint density at radius 1 is 0.906 bits per heavy atom. The number of aryl methyl sites for hydroxylation is 2. The van der Waals surface area contributed by atoms with Crippen LogP contribution in [0, 0.1) is 24.0 Å². The Balaban J connectivity index is 2.50. The second kappa shape index (κ2) is 8.70. The van der Waals surface area contributed by atoms with Crippen molar-refractivity contribution in [3.05, 3.63) is 95.3 Å². The molecule has 3 rings (SSSR count). The minimum Gasteiger partial charge on any atom is -0.507 e. The Morgan fingerprint density at radius 2 is 1.38 bits per heavy atom. The fourth-order valence-electron chi connectivity index (χ4n) is 4.16. The Kier molecular flexibility index (Phi) is 6.20. The highest BCUT2D eigenvalue weighted by Crippen LogP contribution is 2.38. The van der Waals surface area contributed by atoms with Gasteiger partial charge in [-0.2, -0.15) is 0 Å². The monoisotopic (exact) mass is 439 g/mol. The smallest absolute Gasteiger partial charge is 0.269 e. The van der Waals surface area contributed by atoms with Crippen molar-refractivity contribution in [3.8, 4) is 11.5 Å². The average Bonchev–Trinajstić information content (AvgIpc) is 2.72. The standard InChI is InChI=1S/C23H25N3O6/c1-5-24-13(3)10-17(27)20(22(24)29)19(15-8-7-9-16(12-15)26(31)32)21-18(28)11-14(4)25(6-2)23(21)30/h7-12,19,27-28H,5-6H2,1-4H3. The van der Waals surface area contributed by atoms with Crippen LogP contribution in [0.2, 0.25) is 0 Å². The zero-order valence-electron chi connectivity index (χ0n) is 18.3. The first-order valence-electron chi connectivity index (χ1n) is 10.2. The van der Waals surface area contributed by atoms with E-state index >= 15 is 0 Å². The third-order valence-corrected chi connectivity index (χ3v) is 5.67. The van der Waals surface area contributed by atoms with Crippen molar-refractivity contribution in [1.82, 2.24) is 9.13 Å². The van der Waals surface area contributed by atoms with Gasteiger partial charge in [-0.3, -0.25) is 19.7 Å². The van der Waals surface area contributed by atoms with Crippen molar-refractivity contribution in [2.75, 3.05) is 0 Å². The molecule has 2 N–H and O–H groups in total. The molecule has 3 aromatic rings. The summed E-state index contributed by atoms with van der Waals surface area (Å²) in [6, 6.07) is 8.33. The maximum Gasteiger partial charge on any atom is 0.269 e. The van der Waals surface area contributed by atoms with Crippen LogP contribution >= 0.6 is 0 Å². The van der Waals surface area contributed by atoms with Crippen molar-refractivity contribution in [2.24, 2.45) is 0 Å². The van der Waals surface area contributed by atoms with Gasteiger partial charge in [-0.05, 0) is 45.4 Å². The zero-order valence-corrected chi connectivity index (χ0v) is 18.3. The molecule has 9 nitrogen and oxygen atoms in total. The third kappa shape index (κ3) is 3.77. The van der Waals surface area contributed by atoms with E-state index in [1.165, 1.54) is 45.5 Å². The third-order valence-electron chi connectivity index (χ3n) is 5.67. The van der Waals surface area contributed by atoms with Crippen LogP contribution in [0.3, 0.4) is 0 Å². The predicted molar refractivity (Wildman–Crippen MR) is 120 cm³/mol. The first kappa shape index (κ1) is 22.8. The number of hydrogen-bond acceptors (Lipinski definition) is 6. The molecule has 168 valence electrons. The van der Waals surface area contributed by atoms with E-state index in [1.807, 2.05) is 0 Å². The summed E-state index contributed by atoms with van der Waals surface area (Å²) in [6.07, 6.45) is 0. The molecule has 0 saturated heterocycles. The van der Waals surface area contributed by atoms with Gasteiger partial charge < -0.3 is 19.3 Å². The Labute approximate surface area is 184 Å². The van der Waals surface area contributed by atoms with Gasteiger partial charge in [0.15, 0.2) is 0 Å². The van der Waals surface area contributed by atoms with Gasteiger partial charge in [0, 0.05) is 36.6 Å². The molecule has 1 aromatic carbocycles. The van der Waals surface area contributed by atoms with E-state index in [-0.39, 0.29) is 33.9 Å². The number of hydrogen-bond donors (Lipinski definition) is 2. The highest BCUT2D eigenvalue weighted by molar-refractivity contribution is 5.53. The number of nitro benzene ring substituents is 1. The molecule has 0 radical (unpaired) electrons. The number of benzene rings is 1. The van der Waals surface area contributed by atoms with E-state index in [4.69, 9.17) is 0 Å². The summed E-state index contributed by atoms with van der Waals surface area (Å²) in [5.41, 5.74) is -0.290. The normalized spacial score (nSPS) is 11.2. The summed E-state index contributed by atoms with van der Waals surface area (Å²) < 4.78 is 2.87. The lowest BCUT2D eigenvalue weighted by molar-refractivity contribution is -0.384. The summed E-state index contributed by atoms with van der Waals surface area (Å²) in [5.74, 6) is -1.92. The molecule has 32 heavy (non-hydrogen) atoms. The van der Waals surface area contributed by atoms with E-state index in [0.29, 0.717) is 24.5 Å². The highest BCUT2D eigenvalue weighted by atomic mass is 16.6. The molecular formula is C23H25N3O6. The molecule has 0 aliphatic rings. The molecule has 2 aromatic heterocycles. The molecular weight excluding hydrogens is 414 g/mol. The van der Waals surface area contributed by atoms with Crippen molar-refractivity contribution < 1.29 is 15.1 Å². The number of nitrogens with zero attached hydrogens (tertiary/aromatic N) is 3. The largest absolute Gasteiger partial charge is 0.507 e. The molecule has 0 atom stereocenters. The lowest BCUT2D eigenvalue weighted by Crippen LogP contribution is -2.32. The first-order valence-corrected chi connectivity index (χ1v) is 10.2. The van der Waals surface area contributed by atoms with Gasteiger partial charge in [-0.15, -0.1) is 0 Å². The van der Waals surface area contributed by atoms with Crippen LogP contribution in [0.5, 0.6) is 11.5 Å². The molecule has 0 aliphatic carbocycles. The molecule has 0 amide bonds. The van der Waals surface area contributed by atoms with E-state index in [9.17, 15) is 29.9 Å². The van der Waals surface area contributed by atoms with Crippen LogP contribution in [-0.2, 0) is 13.1 Å². The quantitative estimate of drug-likeness (QED) is 0.449. The van der Waals surface area contributed by atoms with E-state index in [2.05, 4.69) is 0 Å². The van der Waals surface area contributed by atoms with E-state index < -0.39 is 22.0 Å². The fraction of sp³-hybridized carbons (Fsp3) is 0.304. The number of aromatic nitrogens is 2. The number of rotatable bonds is 6. The van der Waals surface area contributed by atoms with Crippen LogP contribution < -0.4 is 11.1 Å². The van der Waals surface area contributed by atoms with Crippen LogP contribution in [0.15, 0.2) is 46.0 Å². The Bertz CT molecular complexity index is 1250. The molecule has 0 spiro atoms. The molecule has 2 heterocycles. The van der Waals surface area contributed by atoms with Crippen molar-refractivity contribution >= 4 is 5.69 Å². The van der Waals surface area contributed by atoms with Gasteiger partial charge in [0.1, 0.15) is 11.5 Å². The fourth-order valence-corrected chi connectivity index (χ4v) is 4.16. The summed E-state index contributed by atoms with van der Waals surface area (Å²) >= 11 is 0. The second-order valence-electron chi connectivity index (χ2n) is 7.55. The van der Waals surface area contributed by atoms with Gasteiger partial charge in [-0.1, -0.05) is 12.1 Å². The SMILES string of the molecule is CCn1c(C)cc(O)c(C(c2cccc([N+](=O)[O-])c2)c2c(O)cc(C)n(CC)c2=O)c1=O. The first-order chi connectivity index (χ1) is 15.1. The summed E-state index contributed by atoms with van der Waals surface area (Å²) in [4.78, 5) is 37.5. The summed E-state index contributed by atoms with van der Waals surface area (Å²) in [7, 11) is 0. The summed E-state index contributed by atoms with van der Waals surface area (Å²) in [5, 5.41) is 33.0. The second-order valence-corrected chi connectivity index (χ2v) is 7.55. The molecule has 0 bridgehead atoms. The van der Waals surface area contributed by atoms with Gasteiger partial charge in [0.05, 0.1) is 22.0 Å².